The van der Waals surface area contributed by atoms with E-state index in [0.717, 1.165) is 18.6 Å². The van der Waals surface area contributed by atoms with E-state index < -0.39 is 58.2 Å². The SMILES string of the molecule is N#Cc1cc(OC2CCC2)c([C@]2(O)O[C@H](CO)[C@@H](O)[C@H](O)[C@H]2O)cc1Cc1ccc(OS(=O)(=O)C(F)(F)F)cc1. The van der Waals surface area contributed by atoms with Crippen LogP contribution in [0.2, 0.25) is 0 Å². The molecule has 15 heteroatoms. The van der Waals surface area contributed by atoms with Gasteiger partial charge in [-0.05, 0) is 61.1 Å². The van der Waals surface area contributed by atoms with Gasteiger partial charge in [0.2, 0.25) is 5.79 Å². The molecule has 1 aliphatic carbocycles. The fourth-order valence-corrected chi connectivity index (χ4v) is 4.81. The number of nitrogens with zero attached hydrogens (tertiary/aromatic N) is 1. The summed E-state index contributed by atoms with van der Waals surface area (Å²) < 4.78 is 75.8. The Balaban J connectivity index is 1.71. The fraction of sp³-hybridized carbons (Fsp3) is 0.480. The van der Waals surface area contributed by atoms with Gasteiger partial charge in [0.05, 0.1) is 29.9 Å². The van der Waals surface area contributed by atoms with Crippen LogP contribution in [0.15, 0.2) is 36.4 Å². The highest BCUT2D eigenvalue weighted by molar-refractivity contribution is 7.88. The van der Waals surface area contributed by atoms with Gasteiger partial charge in [0.15, 0.2) is 0 Å². The topological polar surface area (TPSA) is 187 Å². The highest BCUT2D eigenvalue weighted by Crippen LogP contribution is 2.43. The van der Waals surface area contributed by atoms with Crippen molar-refractivity contribution in [3.8, 4) is 17.6 Å². The Morgan fingerprint density at radius 1 is 1.10 bits per heavy atom. The summed E-state index contributed by atoms with van der Waals surface area (Å²) >= 11 is 0. The van der Waals surface area contributed by atoms with Crippen molar-refractivity contribution in [3.63, 3.8) is 0 Å². The van der Waals surface area contributed by atoms with Crippen LogP contribution in [0.3, 0.4) is 0 Å². The molecule has 0 radical (unpaired) electrons. The van der Waals surface area contributed by atoms with Gasteiger partial charge in [-0.15, -0.1) is 0 Å². The molecule has 0 aromatic heterocycles. The maximum Gasteiger partial charge on any atom is 0.534 e. The van der Waals surface area contributed by atoms with Gasteiger partial charge in [-0.25, -0.2) is 0 Å². The second kappa shape index (κ2) is 11.1. The summed E-state index contributed by atoms with van der Waals surface area (Å²) in [6, 6.07) is 9.09. The lowest BCUT2D eigenvalue weighted by Crippen LogP contribution is -2.63. The van der Waals surface area contributed by atoms with Crippen molar-refractivity contribution in [2.45, 2.75) is 67.5 Å². The number of rotatable bonds is 8. The van der Waals surface area contributed by atoms with E-state index in [4.69, 9.17) is 9.47 Å². The first-order valence-electron chi connectivity index (χ1n) is 12.1. The molecule has 1 aliphatic heterocycles. The number of ether oxygens (including phenoxy) is 2. The molecule has 2 fully saturated rings. The number of alkyl halides is 3. The molecule has 0 spiro atoms. The van der Waals surface area contributed by atoms with Crippen LogP contribution >= 0.6 is 0 Å². The van der Waals surface area contributed by atoms with E-state index in [-0.39, 0.29) is 35.0 Å². The summed E-state index contributed by atoms with van der Waals surface area (Å²) in [6.07, 6.45) is -5.30. The molecule has 40 heavy (non-hydrogen) atoms. The minimum atomic E-state index is -5.87. The van der Waals surface area contributed by atoms with Crippen LogP contribution in [0.1, 0.15) is 41.5 Å². The van der Waals surface area contributed by atoms with Crippen molar-refractivity contribution in [1.29, 1.82) is 5.26 Å². The summed E-state index contributed by atoms with van der Waals surface area (Å²) in [7, 11) is -5.87. The van der Waals surface area contributed by atoms with Gasteiger partial charge in [-0.1, -0.05) is 12.1 Å². The van der Waals surface area contributed by atoms with Crippen molar-refractivity contribution >= 4 is 10.1 Å². The third-order valence-corrected chi connectivity index (χ3v) is 7.81. The molecule has 4 rings (SSSR count). The van der Waals surface area contributed by atoms with Crippen LogP contribution in [0, 0.1) is 11.3 Å². The Morgan fingerprint density at radius 2 is 1.75 bits per heavy atom. The van der Waals surface area contributed by atoms with Crippen molar-refractivity contribution < 1.29 is 60.8 Å². The van der Waals surface area contributed by atoms with Crippen molar-refractivity contribution in [2.24, 2.45) is 0 Å². The standard InChI is InChI=1S/C25H26F3NO10S/c26-25(27,28)40(35,36)39-17-6-4-13(5-7-17)8-14-9-18(19(10-15(14)11-29)37-16-2-1-3-16)24(34)23(33)22(32)21(31)20(12-30)38-24/h4-7,9-10,16,20-23,30-34H,1-3,8,12H2/t20-,21-,22+,23-,24+/m1/s1. The normalized spacial score (nSPS) is 27.5. The molecule has 2 aliphatic rings. The quantitative estimate of drug-likeness (QED) is 0.218. The Hall–Kier alpha value is -2.97. The summed E-state index contributed by atoms with van der Waals surface area (Å²) in [4.78, 5) is 0. The molecule has 1 saturated heterocycles. The molecule has 5 N–H and O–H groups in total. The molecule has 5 atom stereocenters. The van der Waals surface area contributed by atoms with E-state index in [9.17, 15) is 52.4 Å². The molecule has 2 aromatic rings. The number of nitriles is 1. The Kier molecular flexibility index (Phi) is 8.35. The van der Waals surface area contributed by atoms with Crippen molar-refractivity contribution in [2.75, 3.05) is 6.61 Å². The van der Waals surface area contributed by atoms with E-state index in [2.05, 4.69) is 4.18 Å². The van der Waals surface area contributed by atoms with Crippen LogP contribution in [0.5, 0.6) is 11.5 Å². The monoisotopic (exact) mass is 589 g/mol. The molecule has 0 bridgehead atoms. The summed E-state index contributed by atoms with van der Waals surface area (Å²) in [6.45, 7) is -0.812. The minimum Gasteiger partial charge on any atom is -0.490 e. The maximum atomic E-state index is 12.6. The summed E-state index contributed by atoms with van der Waals surface area (Å²) in [5, 5.41) is 62.1. The molecule has 1 heterocycles. The number of benzene rings is 2. The van der Waals surface area contributed by atoms with Crippen LogP contribution in [0.25, 0.3) is 0 Å². The number of hydrogen-bond donors (Lipinski definition) is 5. The Morgan fingerprint density at radius 3 is 2.27 bits per heavy atom. The van der Waals surface area contributed by atoms with Gasteiger partial charge < -0.3 is 39.2 Å². The number of aliphatic hydroxyl groups excluding tert-OH is 4. The van der Waals surface area contributed by atoms with Gasteiger partial charge >= 0.3 is 15.6 Å². The summed E-state index contributed by atoms with van der Waals surface area (Å²) in [5.74, 6) is -3.31. The smallest absolute Gasteiger partial charge is 0.490 e. The maximum absolute atomic E-state index is 12.6. The van der Waals surface area contributed by atoms with Crippen molar-refractivity contribution in [3.05, 3.63) is 58.7 Å². The van der Waals surface area contributed by atoms with E-state index in [1.165, 1.54) is 24.3 Å². The third-order valence-electron chi connectivity index (χ3n) is 6.83. The van der Waals surface area contributed by atoms with E-state index >= 15 is 0 Å². The van der Waals surface area contributed by atoms with Gasteiger partial charge in [-0.2, -0.15) is 26.9 Å². The Labute approximate surface area is 226 Å². The average molecular weight is 590 g/mol. The van der Waals surface area contributed by atoms with Gasteiger partial charge in [0.25, 0.3) is 0 Å². The predicted molar refractivity (Wildman–Crippen MR) is 128 cm³/mol. The van der Waals surface area contributed by atoms with Gasteiger partial charge in [-0.3, -0.25) is 0 Å². The van der Waals surface area contributed by atoms with Crippen LogP contribution in [-0.2, 0) is 27.1 Å². The molecule has 218 valence electrons. The second-order valence-electron chi connectivity index (χ2n) is 9.55. The van der Waals surface area contributed by atoms with Crippen LogP contribution in [-0.4, -0.2) is 76.6 Å². The van der Waals surface area contributed by atoms with Crippen LogP contribution in [0.4, 0.5) is 13.2 Å². The molecular formula is C25H26F3NO10S. The van der Waals surface area contributed by atoms with E-state index in [1.54, 1.807) is 0 Å². The lowest BCUT2D eigenvalue weighted by Gasteiger charge is -2.46. The average Bonchev–Trinajstić information content (AvgIpc) is 2.87. The molecular weight excluding hydrogens is 563 g/mol. The largest absolute Gasteiger partial charge is 0.534 e. The zero-order valence-corrected chi connectivity index (χ0v) is 21.5. The summed E-state index contributed by atoms with van der Waals surface area (Å²) in [5.41, 5.74) is -5.10. The predicted octanol–water partition coefficient (Wildman–Crippen LogP) is 0.928. The zero-order valence-electron chi connectivity index (χ0n) is 20.7. The zero-order chi connectivity index (χ0) is 29.5. The lowest BCUT2D eigenvalue weighted by molar-refractivity contribution is -0.358. The van der Waals surface area contributed by atoms with Gasteiger partial charge in [0, 0.05) is 0 Å². The number of halogens is 3. The third kappa shape index (κ3) is 5.75. The highest BCUT2D eigenvalue weighted by atomic mass is 32.2. The van der Waals surface area contributed by atoms with Gasteiger partial charge in [0.1, 0.15) is 35.9 Å². The molecule has 2 aromatic carbocycles. The second-order valence-corrected chi connectivity index (χ2v) is 11.1. The first-order chi connectivity index (χ1) is 18.7. The van der Waals surface area contributed by atoms with E-state index in [1.807, 2.05) is 6.07 Å². The first kappa shape index (κ1) is 30.0. The fourth-order valence-electron chi connectivity index (χ4n) is 4.35. The van der Waals surface area contributed by atoms with Crippen molar-refractivity contribution in [1.82, 2.24) is 0 Å². The Bertz CT molecular complexity index is 1370. The number of hydrogen-bond acceptors (Lipinski definition) is 11. The lowest BCUT2D eigenvalue weighted by atomic mass is 9.85. The molecule has 0 amide bonds. The molecule has 1 saturated carbocycles. The van der Waals surface area contributed by atoms with E-state index in [0.29, 0.717) is 18.4 Å². The number of aliphatic hydroxyl groups is 5. The molecule has 11 nitrogen and oxygen atoms in total. The highest BCUT2D eigenvalue weighted by Gasteiger charge is 2.55. The van der Waals surface area contributed by atoms with Crippen LogP contribution < -0.4 is 8.92 Å². The first-order valence-corrected chi connectivity index (χ1v) is 13.5. The molecule has 0 unspecified atom stereocenters. The minimum absolute atomic E-state index is 0.0343.